The number of thiocarbonyl (C=S) groups is 1. The second-order valence-electron chi connectivity index (χ2n) is 9.10. The molecule has 0 unspecified atom stereocenters. The summed E-state index contributed by atoms with van der Waals surface area (Å²) in [6, 6.07) is 10.1. The van der Waals surface area contributed by atoms with Crippen LogP contribution >= 0.6 is 12.2 Å². The number of methoxy groups -OCH3 is 1. The fourth-order valence-electron chi connectivity index (χ4n) is 4.30. The molecule has 1 fully saturated rings. The summed E-state index contributed by atoms with van der Waals surface area (Å²) in [5, 5.41) is 3.08. The number of halogens is 5. The number of hydrogen-bond donors (Lipinski definition) is 1. The molecule has 0 saturated carbocycles. The Balaban J connectivity index is 1.49. The first-order valence-corrected chi connectivity index (χ1v) is 13.5. The summed E-state index contributed by atoms with van der Waals surface area (Å²) in [4.78, 5) is 14.6. The predicted molar refractivity (Wildman–Crippen MR) is 151 cm³/mol. The Labute approximate surface area is 249 Å². The third-order valence-corrected chi connectivity index (χ3v) is 6.67. The zero-order chi connectivity index (χ0) is 31.3. The zero-order valence-electron chi connectivity index (χ0n) is 23.4. The van der Waals surface area contributed by atoms with Crippen LogP contribution in [0.15, 0.2) is 42.1 Å². The van der Waals surface area contributed by atoms with E-state index in [0.29, 0.717) is 36.7 Å². The quantitative estimate of drug-likeness (QED) is 0.0865. The molecule has 0 aliphatic carbocycles. The smallest absolute Gasteiger partial charge is 0.276 e. The molecule has 4 rings (SSSR count). The van der Waals surface area contributed by atoms with Gasteiger partial charge in [0.1, 0.15) is 18.1 Å². The second-order valence-corrected chi connectivity index (χ2v) is 9.49. The van der Waals surface area contributed by atoms with Crippen LogP contribution in [0.5, 0.6) is 23.0 Å². The molecule has 3 aromatic rings. The third kappa shape index (κ3) is 6.82. The molecule has 228 valence electrons. The normalized spacial score (nSPS) is 13.9. The molecule has 43 heavy (non-hydrogen) atoms. The Morgan fingerprint density at radius 3 is 2.12 bits per heavy atom. The van der Waals surface area contributed by atoms with Crippen LogP contribution in [0.1, 0.15) is 30.5 Å². The van der Waals surface area contributed by atoms with Gasteiger partial charge in [0.2, 0.25) is 29.1 Å². The number of benzene rings is 3. The fraction of sp³-hybridized carbons (Fsp3) is 0.267. The monoisotopic (exact) mass is 622 g/mol. The summed E-state index contributed by atoms with van der Waals surface area (Å²) < 4.78 is 90.1. The minimum atomic E-state index is -2.29. The molecule has 1 amide bonds. The lowest BCUT2D eigenvalue weighted by Gasteiger charge is -2.16. The molecule has 1 aliphatic heterocycles. The first-order valence-electron chi connectivity index (χ1n) is 13.1. The maximum atomic E-state index is 14.1. The highest BCUT2D eigenvalue weighted by molar-refractivity contribution is 7.80. The van der Waals surface area contributed by atoms with Crippen molar-refractivity contribution in [1.29, 1.82) is 0 Å². The zero-order valence-corrected chi connectivity index (χ0v) is 24.2. The molecule has 1 aliphatic rings. The van der Waals surface area contributed by atoms with Crippen molar-refractivity contribution in [3.05, 3.63) is 87.9 Å². The van der Waals surface area contributed by atoms with E-state index >= 15 is 0 Å². The Morgan fingerprint density at radius 2 is 1.47 bits per heavy atom. The molecule has 1 saturated heterocycles. The van der Waals surface area contributed by atoms with Gasteiger partial charge in [0.25, 0.3) is 5.91 Å². The predicted octanol–water partition coefficient (Wildman–Crippen LogP) is 6.07. The third-order valence-electron chi connectivity index (χ3n) is 6.35. The molecule has 1 N–H and O–H groups in total. The van der Waals surface area contributed by atoms with Gasteiger partial charge in [0, 0.05) is 12.1 Å². The van der Waals surface area contributed by atoms with E-state index in [-0.39, 0.29) is 34.6 Å². The highest BCUT2D eigenvalue weighted by Crippen LogP contribution is 2.32. The average molecular weight is 623 g/mol. The molecular formula is C30H27F5N2O5S. The first-order chi connectivity index (χ1) is 20.6. The molecule has 7 nitrogen and oxygen atoms in total. The van der Waals surface area contributed by atoms with Crippen LogP contribution < -0.4 is 24.3 Å². The van der Waals surface area contributed by atoms with Gasteiger partial charge in [-0.2, -0.15) is 8.78 Å². The Kier molecular flexibility index (Phi) is 10.1. The van der Waals surface area contributed by atoms with Crippen molar-refractivity contribution in [3.8, 4) is 23.0 Å². The first kappa shape index (κ1) is 31.5. The number of ether oxygens (including phenoxy) is 4. The van der Waals surface area contributed by atoms with Gasteiger partial charge < -0.3 is 24.3 Å². The van der Waals surface area contributed by atoms with Crippen LogP contribution in [0.2, 0.25) is 0 Å². The fourth-order valence-corrected chi connectivity index (χ4v) is 4.58. The number of rotatable bonds is 12. The topological polar surface area (TPSA) is 69.3 Å². The van der Waals surface area contributed by atoms with Gasteiger partial charge in [0.05, 0.1) is 20.3 Å². The van der Waals surface area contributed by atoms with E-state index in [0.717, 1.165) is 5.56 Å². The molecule has 0 aromatic heterocycles. The SMILES string of the molecule is CCOc1ccc(CCN2C(=O)/C(=C\c3ccc(OC)c(COc4c(F)c(F)c(F)c(F)c4F)c3)NC2=S)cc1OCC. The van der Waals surface area contributed by atoms with Crippen LogP contribution in [-0.2, 0) is 17.8 Å². The Morgan fingerprint density at radius 1 is 0.837 bits per heavy atom. The standard InChI is InChI=1S/C30H27F5N2O5S/c1-4-40-21-9-6-16(14-22(21)41-5-2)10-11-37-29(38)19(36-30(37)43)13-17-7-8-20(39-3)18(12-17)15-42-28-26(34)24(32)23(31)25(33)27(28)35/h6-9,12-14H,4-5,10-11,15H2,1-3H3,(H,36,43)/b19-13+. The van der Waals surface area contributed by atoms with Crippen molar-refractivity contribution in [2.45, 2.75) is 26.9 Å². The molecule has 13 heteroatoms. The van der Waals surface area contributed by atoms with Crippen LogP contribution in [-0.4, -0.2) is 42.8 Å². The van der Waals surface area contributed by atoms with E-state index in [4.69, 9.17) is 31.2 Å². The Bertz CT molecular complexity index is 1550. The molecule has 3 aromatic carbocycles. The minimum absolute atomic E-state index is 0.170. The summed E-state index contributed by atoms with van der Waals surface area (Å²) in [6.07, 6.45) is 1.98. The van der Waals surface area contributed by atoms with E-state index in [9.17, 15) is 26.7 Å². The number of carbonyl (C=O) groups is 1. The second kappa shape index (κ2) is 13.7. The highest BCUT2D eigenvalue weighted by atomic mass is 32.1. The average Bonchev–Trinajstić information content (AvgIpc) is 3.26. The number of nitrogens with one attached hydrogen (secondary N) is 1. The summed E-state index contributed by atoms with van der Waals surface area (Å²) in [5.41, 5.74) is 1.74. The lowest BCUT2D eigenvalue weighted by molar-refractivity contribution is -0.122. The lowest BCUT2D eigenvalue weighted by Crippen LogP contribution is -2.32. The van der Waals surface area contributed by atoms with Crippen molar-refractivity contribution in [2.24, 2.45) is 0 Å². The largest absolute Gasteiger partial charge is 0.496 e. The van der Waals surface area contributed by atoms with E-state index in [1.54, 1.807) is 6.07 Å². The van der Waals surface area contributed by atoms with Crippen LogP contribution in [0.4, 0.5) is 22.0 Å². The number of nitrogens with zero attached hydrogens (tertiary/aromatic N) is 1. The van der Waals surface area contributed by atoms with Gasteiger partial charge in [-0.05, 0) is 74.0 Å². The summed E-state index contributed by atoms with van der Waals surface area (Å²) in [5.74, 6) is -11.1. The molecule has 0 radical (unpaired) electrons. The van der Waals surface area contributed by atoms with Gasteiger partial charge in [-0.3, -0.25) is 9.69 Å². The van der Waals surface area contributed by atoms with E-state index in [1.165, 1.54) is 30.2 Å². The number of amides is 1. The molecule has 0 bridgehead atoms. The molecule has 0 spiro atoms. The van der Waals surface area contributed by atoms with Crippen LogP contribution in [0.25, 0.3) is 6.08 Å². The maximum Gasteiger partial charge on any atom is 0.276 e. The summed E-state index contributed by atoms with van der Waals surface area (Å²) in [6.45, 7) is 4.39. The van der Waals surface area contributed by atoms with Crippen molar-refractivity contribution in [1.82, 2.24) is 10.2 Å². The summed E-state index contributed by atoms with van der Waals surface area (Å²) in [7, 11) is 1.33. The summed E-state index contributed by atoms with van der Waals surface area (Å²) >= 11 is 5.37. The van der Waals surface area contributed by atoms with Crippen molar-refractivity contribution >= 4 is 29.3 Å². The van der Waals surface area contributed by atoms with Crippen molar-refractivity contribution in [2.75, 3.05) is 26.9 Å². The van der Waals surface area contributed by atoms with Crippen LogP contribution in [0, 0.1) is 29.1 Å². The van der Waals surface area contributed by atoms with Gasteiger partial charge >= 0.3 is 0 Å². The number of carbonyl (C=O) groups excluding carboxylic acids is 1. The van der Waals surface area contributed by atoms with Gasteiger partial charge in [-0.25, -0.2) is 13.2 Å². The van der Waals surface area contributed by atoms with Crippen LogP contribution in [0.3, 0.4) is 0 Å². The molecule has 0 atom stereocenters. The van der Waals surface area contributed by atoms with Crippen molar-refractivity contribution in [3.63, 3.8) is 0 Å². The van der Waals surface area contributed by atoms with Gasteiger partial charge in [-0.1, -0.05) is 12.1 Å². The van der Waals surface area contributed by atoms with Gasteiger partial charge in [-0.15, -0.1) is 0 Å². The van der Waals surface area contributed by atoms with E-state index in [1.807, 2.05) is 32.0 Å². The maximum absolute atomic E-state index is 14.1. The number of hydrogen-bond acceptors (Lipinski definition) is 6. The van der Waals surface area contributed by atoms with E-state index < -0.39 is 41.4 Å². The minimum Gasteiger partial charge on any atom is -0.496 e. The lowest BCUT2D eigenvalue weighted by atomic mass is 10.1. The highest BCUT2D eigenvalue weighted by Gasteiger charge is 2.31. The van der Waals surface area contributed by atoms with Crippen molar-refractivity contribution < 1.29 is 45.7 Å². The van der Waals surface area contributed by atoms with Gasteiger partial charge in [0.15, 0.2) is 22.4 Å². The van der Waals surface area contributed by atoms with E-state index in [2.05, 4.69) is 5.32 Å². The Hall–Kier alpha value is -4.39. The molecule has 1 heterocycles. The molecular weight excluding hydrogens is 595 g/mol.